The molecule has 7 heteroatoms. The minimum Gasteiger partial charge on any atom is -0.491 e. The van der Waals surface area contributed by atoms with E-state index < -0.39 is 0 Å². The van der Waals surface area contributed by atoms with Gasteiger partial charge in [0.15, 0.2) is 0 Å². The standard InChI is InChI=1S/C17H18ClN3O3/c1-21(10-13-4-3-5-15(19-13)23-2)17(22)20-14-9-12(18)8-11-6-7-24-16(11)14/h3-5,8-9H,6-7,10H2,1-2H3,(H,20,22). The Labute approximate surface area is 145 Å². The van der Waals surface area contributed by atoms with E-state index in [9.17, 15) is 4.79 Å². The quantitative estimate of drug-likeness (QED) is 0.921. The number of carbonyl (C=O) groups is 1. The lowest BCUT2D eigenvalue weighted by molar-refractivity contribution is 0.220. The first-order chi connectivity index (χ1) is 11.6. The summed E-state index contributed by atoms with van der Waals surface area (Å²) in [4.78, 5) is 18.3. The van der Waals surface area contributed by atoms with Crippen LogP contribution in [0.5, 0.6) is 11.6 Å². The number of aromatic nitrogens is 1. The number of ether oxygens (including phenoxy) is 2. The number of benzene rings is 1. The number of urea groups is 1. The zero-order valence-corrected chi connectivity index (χ0v) is 14.3. The molecule has 0 saturated heterocycles. The van der Waals surface area contributed by atoms with Gasteiger partial charge in [-0.15, -0.1) is 0 Å². The lowest BCUT2D eigenvalue weighted by Crippen LogP contribution is -2.31. The molecular weight excluding hydrogens is 330 g/mol. The molecule has 2 aromatic rings. The zero-order valence-electron chi connectivity index (χ0n) is 13.5. The van der Waals surface area contributed by atoms with Crippen LogP contribution in [0.15, 0.2) is 30.3 Å². The molecule has 0 unspecified atom stereocenters. The number of halogens is 1. The zero-order chi connectivity index (χ0) is 17.1. The van der Waals surface area contributed by atoms with Crippen LogP contribution >= 0.6 is 11.6 Å². The highest BCUT2D eigenvalue weighted by Crippen LogP contribution is 2.36. The van der Waals surface area contributed by atoms with Crippen LogP contribution in [0.25, 0.3) is 0 Å². The van der Waals surface area contributed by atoms with Gasteiger partial charge in [0.05, 0.1) is 31.6 Å². The molecule has 1 N–H and O–H groups in total. The Morgan fingerprint density at radius 2 is 2.29 bits per heavy atom. The monoisotopic (exact) mass is 347 g/mol. The van der Waals surface area contributed by atoms with Crippen molar-refractivity contribution in [2.45, 2.75) is 13.0 Å². The van der Waals surface area contributed by atoms with Crippen molar-refractivity contribution in [1.29, 1.82) is 0 Å². The fraction of sp³-hybridized carbons (Fsp3) is 0.294. The van der Waals surface area contributed by atoms with Gasteiger partial charge in [0.25, 0.3) is 0 Å². The van der Waals surface area contributed by atoms with Crippen LogP contribution in [0.1, 0.15) is 11.3 Å². The van der Waals surface area contributed by atoms with Gasteiger partial charge in [-0.2, -0.15) is 0 Å². The molecule has 126 valence electrons. The van der Waals surface area contributed by atoms with Gasteiger partial charge in [-0.05, 0) is 18.2 Å². The number of rotatable bonds is 4. The van der Waals surface area contributed by atoms with E-state index in [-0.39, 0.29) is 6.03 Å². The Hall–Kier alpha value is -2.47. The second-order valence-corrected chi connectivity index (χ2v) is 5.93. The molecule has 0 fully saturated rings. The Morgan fingerprint density at radius 1 is 1.46 bits per heavy atom. The molecular formula is C17H18ClN3O3. The number of nitrogens with one attached hydrogen (secondary N) is 1. The number of hydrogen-bond donors (Lipinski definition) is 1. The fourth-order valence-corrected chi connectivity index (χ4v) is 2.79. The van der Waals surface area contributed by atoms with Crippen molar-refractivity contribution in [3.63, 3.8) is 0 Å². The van der Waals surface area contributed by atoms with E-state index in [1.807, 2.05) is 18.2 Å². The molecule has 1 aliphatic heterocycles. The Bertz CT molecular complexity index is 767. The van der Waals surface area contributed by atoms with E-state index in [0.29, 0.717) is 35.5 Å². The van der Waals surface area contributed by atoms with E-state index in [0.717, 1.165) is 17.7 Å². The summed E-state index contributed by atoms with van der Waals surface area (Å²) in [5, 5.41) is 3.43. The second-order valence-electron chi connectivity index (χ2n) is 5.50. The summed E-state index contributed by atoms with van der Waals surface area (Å²) >= 11 is 6.11. The smallest absolute Gasteiger partial charge is 0.322 e. The van der Waals surface area contributed by atoms with Gasteiger partial charge in [-0.3, -0.25) is 0 Å². The van der Waals surface area contributed by atoms with Gasteiger partial charge >= 0.3 is 6.03 Å². The van der Waals surface area contributed by atoms with Crippen LogP contribution in [0.4, 0.5) is 10.5 Å². The predicted octanol–water partition coefficient (Wildman–Crippen LogP) is 3.34. The predicted molar refractivity (Wildman–Crippen MR) is 91.9 cm³/mol. The van der Waals surface area contributed by atoms with E-state index in [1.165, 1.54) is 4.90 Å². The van der Waals surface area contributed by atoms with Crippen molar-refractivity contribution in [3.05, 3.63) is 46.6 Å². The van der Waals surface area contributed by atoms with Crippen molar-refractivity contribution in [1.82, 2.24) is 9.88 Å². The highest BCUT2D eigenvalue weighted by molar-refractivity contribution is 6.31. The fourth-order valence-electron chi connectivity index (χ4n) is 2.55. The summed E-state index contributed by atoms with van der Waals surface area (Å²) in [6, 6.07) is 8.73. The second kappa shape index (κ2) is 6.97. The molecule has 0 spiro atoms. The van der Waals surface area contributed by atoms with Gasteiger partial charge in [-0.25, -0.2) is 9.78 Å². The summed E-state index contributed by atoms with van der Waals surface area (Å²) in [6.45, 7) is 0.953. The molecule has 0 atom stereocenters. The van der Waals surface area contributed by atoms with E-state index >= 15 is 0 Å². The van der Waals surface area contributed by atoms with Crippen LogP contribution in [0, 0.1) is 0 Å². The molecule has 1 aromatic heterocycles. The van der Waals surface area contributed by atoms with Crippen LogP contribution in [0.2, 0.25) is 5.02 Å². The van der Waals surface area contributed by atoms with Crippen molar-refractivity contribution in [2.75, 3.05) is 26.1 Å². The summed E-state index contributed by atoms with van der Waals surface area (Å²) in [5.41, 5.74) is 2.33. The van der Waals surface area contributed by atoms with E-state index in [1.54, 1.807) is 26.3 Å². The molecule has 3 rings (SSSR count). The van der Waals surface area contributed by atoms with Gasteiger partial charge in [0.1, 0.15) is 5.75 Å². The molecule has 6 nitrogen and oxygen atoms in total. The molecule has 1 aromatic carbocycles. The van der Waals surface area contributed by atoms with Gasteiger partial charge in [0, 0.05) is 30.1 Å². The minimum atomic E-state index is -0.264. The molecule has 24 heavy (non-hydrogen) atoms. The Morgan fingerprint density at radius 3 is 3.08 bits per heavy atom. The highest BCUT2D eigenvalue weighted by atomic mass is 35.5. The maximum Gasteiger partial charge on any atom is 0.322 e. The first-order valence-corrected chi connectivity index (χ1v) is 7.92. The molecule has 0 radical (unpaired) electrons. The Balaban J connectivity index is 1.71. The van der Waals surface area contributed by atoms with Crippen molar-refractivity contribution >= 4 is 23.3 Å². The van der Waals surface area contributed by atoms with Gasteiger partial charge in [0.2, 0.25) is 5.88 Å². The maximum atomic E-state index is 12.4. The normalized spacial score (nSPS) is 12.3. The van der Waals surface area contributed by atoms with Gasteiger partial charge < -0.3 is 19.7 Å². The Kier molecular flexibility index (Phi) is 4.76. The number of hydrogen-bond acceptors (Lipinski definition) is 4. The number of nitrogens with zero attached hydrogens (tertiary/aromatic N) is 2. The molecule has 0 bridgehead atoms. The number of pyridine rings is 1. The lowest BCUT2D eigenvalue weighted by atomic mass is 10.1. The van der Waals surface area contributed by atoms with E-state index in [4.69, 9.17) is 21.1 Å². The van der Waals surface area contributed by atoms with E-state index in [2.05, 4.69) is 10.3 Å². The summed E-state index contributed by atoms with van der Waals surface area (Å²) < 4.78 is 10.7. The summed E-state index contributed by atoms with van der Waals surface area (Å²) in [5.74, 6) is 1.21. The van der Waals surface area contributed by atoms with Crippen LogP contribution < -0.4 is 14.8 Å². The number of amides is 2. The topological polar surface area (TPSA) is 63.7 Å². The first-order valence-electron chi connectivity index (χ1n) is 7.54. The van der Waals surface area contributed by atoms with Crippen molar-refractivity contribution < 1.29 is 14.3 Å². The third kappa shape index (κ3) is 3.54. The third-order valence-corrected chi connectivity index (χ3v) is 3.94. The van der Waals surface area contributed by atoms with Crippen LogP contribution in [-0.2, 0) is 13.0 Å². The molecule has 2 heterocycles. The summed E-state index contributed by atoms with van der Waals surface area (Å²) in [6.07, 6.45) is 0.794. The van der Waals surface area contributed by atoms with Crippen LogP contribution in [0.3, 0.4) is 0 Å². The molecule has 0 aliphatic carbocycles. The van der Waals surface area contributed by atoms with Crippen molar-refractivity contribution in [2.24, 2.45) is 0 Å². The van der Waals surface area contributed by atoms with Crippen LogP contribution in [-0.4, -0.2) is 36.7 Å². The molecule has 1 aliphatic rings. The summed E-state index contributed by atoms with van der Waals surface area (Å²) in [7, 11) is 3.25. The first kappa shape index (κ1) is 16.4. The molecule has 2 amide bonds. The lowest BCUT2D eigenvalue weighted by Gasteiger charge is -2.19. The highest BCUT2D eigenvalue weighted by Gasteiger charge is 2.20. The number of anilines is 1. The minimum absolute atomic E-state index is 0.264. The molecule has 0 saturated carbocycles. The van der Waals surface area contributed by atoms with Gasteiger partial charge in [-0.1, -0.05) is 17.7 Å². The number of methoxy groups -OCH3 is 1. The maximum absolute atomic E-state index is 12.4. The third-order valence-electron chi connectivity index (χ3n) is 3.73. The average molecular weight is 348 g/mol. The number of carbonyl (C=O) groups excluding carboxylic acids is 1. The van der Waals surface area contributed by atoms with Crippen molar-refractivity contribution in [3.8, 4) is 11.6 Å². The largest absolute Gasteiger partial charge is 0.491 e. The number of fused-ring (bicyclic) bond motifs is 1. The SMILES string of the molecule is COc1cccc(CN(C)C(=O)Nc2cc(Cl)cc3c2OCC3)n1. The average Bonchev–Trinajstić information content (AvgIpc) is 3.03.